The summed E-state index contributed by atoms with van der Waals surface area (Å²) in [5, 5.41) is 13.0. The lowest BCUT2D eigenvalue weighted by Gasteiger charge is -2.34. The van der Waals surface area contributed by atoms with E-state index in [0.717, 1.165) is 12.1 Å². The van der Waals surface area contributed by atoms with Gasteiger partial charge in [-0.2, -0.15) is 26.3 Å². The Morgan fingerprint density at radius 2 is 1.59 bits per heavy atom. The number of carbonyl (C=O) groups excluding carboxylic acids is 1. The second-order valence-corrected chi connectivity index (χ2v) is 7.54. The molecule has 1 aliphatic rings. The minimum absolute atomic E-state index is 0.0111. The van der Waals surface area contributed by atoms with E-state index in [9.17, 15) is 40.6 Å². The van der Waals surface area contributed by atoms with Gasteiger partial charge >= 0.3 is 12.4 Å². The van der Waals surface area contributed by atoms with Gasteiger partial charge < -0.3 is 15.2 Å². The molecule has 3 atom stereocenters. The summed E-state index contributed by atoms with van der Waals surface area (Å²) in [5.41, 5.74) is -4.64. The van der Waals surface area contributed by atoms with Crippen LogP contribution in [0.3, 0.4) is 0 Å². The highest BCUT2D eigenvalue weighted by molar-refractivity contribution is 5.81. The van der Waals surface area contributed by atoms with Gasteiger partial charge in [-0.15, -0.1) is 0 Å². The molecule has 0 aromatic heterocycles. The molecule has 3 rings (SSSR count). The van der Waals surface area contributed by atoms with Gasteiger partial charge in [-0.25, -0.2) is 4.39 Å². The van der Waals surface area contributed by atoms with Crippen molar-refractivity contribution in [2.45, 2.75) is 43.4 Å². The zero-order valence-electron chi connectivity index (χ0n) is 16.5. The lowest BCUT2D eigenvalue weighted by molar-refractivity contribution is -0.143. The van der Waals surface area contributed by atoms with E-state index >= 15 is 0 Å². The van der Waals surface area contributed by atoms with Crippen LogP contribution < -0.4 is 5.32 Å². The number of halogens is 7. The van der Waals surface area contributed by atoms with Crippen LogP contribution in [0.5, 0.6) is 0 Å². The van der Waals surface area contributed by atoms with Gasteiger partial charge in [0.1, 0.15) is 11.4 Å². The Kier molecular flexibility index (Phi) is 6.27. The van der Waals surface area contributed by atoms with Crippen LogP contribution in [0.25, 0.3) is 0 Å². The van der Waals surface area contributed by atoms with E-state index in [2.05, 4.69) is 5.32 Å². The molecule has 174 valence electrons. The Hall–Kier alpha value is -2.66. The van der Waals surface area contributed by atoms with E-state index < -0.39 is 59.6 Å². The molecule has 2 aromatic rings. The number of nitrogens with one attached hydrogen (secondary N) is 1. The highest BCUT2D eigenvalue weighted by Crippen LogP contribution is 2.39. The van der Waals surface area contributed by atoms with Gasteiger partial charge in [0, 0.05) is 0 Å². The number of aliphatic hydroxyl groups is 1. The monoisotopic (exact) mass is 465 g/mol. The molecule has 1 saturated heterocycles. The van der Waals surface area contributed by atoms with Crippen LogP contribution in [0.1, 0.15) is 41.7 Å². The van der Waals surface area contributed by atoms with Crippen molar-refractivity contribution in [3.05, 3.63) is 70.5 Å². The summed E-state index contributed by atoms with van der Waals surface area (Å²) in [4.78, 5) is 11.9. The molecule has 11 heteroatoms. The number of hydrogen-bond donors (Lipinski definition) is 2. The van der Waals surface area contributed by atoms with Crippen molar-refractivity contribution in [1.82, 2.24) is 5.32 Å². The molecule has 0 spiro atoms. The molecule has 0 unspecified atom stereocenters. The summed E-state index contributed by atoms with van der Waals surface area (Å²) in [7, 11) is 0. The molecule has 1 fully saturated rings. The molecule has 32 heavy (non-hydrogen) atoms. The van der Waals surface area contributed by atoms with Crippen molar-refractivity contribution >= 4 is 5.91 Å². The lowest BCUT2D eigenvalue weighted by atomic mass is 9.86. The zero-order chi connectivity index (χ0) is 23.9. The van der Waals surface area contributed by atoms with E-state index in [0.29, 0.717) is 12.1 Å². The highest BCUT2D eigenvalue weighted by atomic mass is 19.4. The second-order valence-electron chi connectivity index (χ2n) is 7.54. The highest BCUT2D eigenvalue weighted by Gasteiger charge is 2.48. The molecule has 0 saturated carbocycles. The lowest BCUT2D eigenvalue weighted by Crippen LogP contribution is -2.49. The first kappa shape index (κ1) is 24.0. The third-order valence-electron chi connectivity index (χ3n) is 5.31. The van der Waals surface area contributed by atoms with Crippen LogP contribution in [0.15, 0.2) is 42.5 Å². The van der Waals surface area contributed by atoms with Gasteiger partial charge in [0.25, 0.3) is 0 Å². The van der Waals surface area contributed by atoms with Gasteiger partial charge in [-0.3, -0.25) is 4.79 Å². The molecule has 4 nitrogen and oxygen atoms in total. The second kappa shape index (κ2) is 8.36. The molecule has 0 aliphatic carbocycles. The average molecular weight is 465 g/mol. The third kappa shape index (κ3) is 4.88. The molecule has 0 bridgehead atoms. The number of benzene rings is 2. The van der Waals surface area contributed by atoms with Gasteiger partial charge in [0.05, 0.1) is 36.4 Å². The Balaban J connectivity index is 1.92. The smallest absolute Gasteiger partial charge is 0.390 e. The fraction of sp³-hybridized carbons (Fsp3) is 0.381. The molecule has 1 aliphatic heterocycles. The summed E-state index contributed by atoms with van der Waals surface area (Å²) < 4.78 is 97.6. The van der Waals surface area contributed by atoms with E-state index in [1.807, 2.05) is 0 Å². The maximum Gasteiger partial charge on any atom is 0.416 e. The van der Waals surface area contributed by atoms with Crippen LogP contribution in [-0.4, -0.2) is 23.7 Å². The summed E-state index contributed by atoms with van der Waals surface area (Å²) in [5.74, 6) is -1.13. The Morgan fingerprint density at radius 3 is 2.03 bits per heavy atom. The number of ether oxygens (including phenoxy) is 1. The van der Waals surface area contributed by atoms with Crippen molar-refractivity contribution in [1.29, 1.82) is 0 Å². The fourth-order valence-corrected chi connectivity index (χ4v) is 3.53. The SMILES string of the molecule is C[C@@H](OC[C@]1(c2ccc(F)cc2)NC(=O)C[C@H]1O)c1cc(C(F)(F)F)cc(C(F)(F)F)c1. The minimum atomic E-state index is -5.01. The average Bonchev–Trinajstić information content (AvgIpc) is 2.99. The molecule has 2 N–H and O–H groups in total. The van der Waals surface area contributed by atoms with Gasteiger partial charge in [-0.1, -0.05) is 12.1 Å². The number of hydrogen-bond acceptors (Lipinski definition) is 3. The molecule has 0 radical (unpaired) electrons. The molecular weight excluding hydrogens is 447 g/mol. The van der Waals surface area contributed by atoms with Crippen LogP contribution in [-0.2, 0) is 27.4 Å². The number of aliphatic hydroxyl groups excluding tert-OH is 1. The Labute approximate surface area is 178 Å². The molecule has 1 heterocycles. The van der Waals surface area contributed by atoms with E-state index in [-0.39, 0.29) is 23.6 Å². The van der Waals surface area contributed by atoms with Crippen molar-refractivity contribution < 1.29 is 45.4 Å². The third-order valence-corrected chi connectivity index (χ3v) is 5.31. The van der Waals surface area contributed by atoms with Crippen molar-refractivity contribution in [2.75, 3.05) is 6.61 Å². The number of alkyl halides is 6. The Bertz CT molecular complexity index is 956. The van der Waals surface area contributed by atoms with Gasteiger partial charge in [0.2, 0.25) is 5.91 Å². The minimum Gasteiger partial charge on any atom is -0.390 e. The van der Waals surface area contributed by atoms with Crippen LogP contribution in [0, 0.1) is 5.82 Å². The first-order chi connectivity index (χ1) is 14.7. The van der Waals surface area contributed by atoms with Crippen molar-refractivity contribution in [3.8, 4) is 0 Å². The molecule has 1 amide bonds. The first-order valence-electron chi connectivity index (χ1n) is 9.38. The summed E-state index contributed by atoms with van der Waals surface area (Å²) in [6.45, 7) is 0.765. The molecule has 2 aromatic carbocycles. The zero-order valence-corrected chi connectivity index (χ0v) is 16.5. The summed E-state index contributed by atoms with van der Waals surface area (Å²) in [6, 6.07) is 5.87. The fourth-order valence-electron chi connectivity index (χ4n) is 3.53. The normalized spacial score (nSPS) is 22.7. The summed E-state index contributed by atoms with van der Waals surface area (Å²) >= 11 is 0. The predicted molar refractivity (Wildman–Crippen MR) is 97.7 cm³/mol. The largest absolute Gasteiger partial charge is 0.416 e. The van der Waals surface area contributed by atoms with Crippen LogP contribution >= 0.6 is 0 Å². The maximum absolute atomic E-state index is 13.3. The topological polar surface area (TPSA) is 58.6 Å². The van der Waals surface area contributed by atoms with E-state index in [1.165, 1.54) is 19.1 Å². The summed E-state index contributed by atoms with van der Waals surface area (Å²) in [6.07, 6.45) is -12.9. The van der Waals surface area contributed by atoms with Gasteiger partial charge in [-0.05, 0) is 48.4 Å². The van der Waals surface area contributed by atoms with Crippen LogP contribution in [0.4, 0.5) is 30.7 Å². The van der Waals surface area contributed by atoms with Gasteiger partial charge in [0.15, 0.2) is 0 Å². The standard InChI is InChI=1S/C21H18F7NO3/c1-11(12-6-14(20(23,24)25)8-15(7-12)21(26,27)28)32-10-19(17(30)9-18(31)29-19)13-2-4-16(22)5-3-13/h2-8,11,17,30H,9-10H2,1H3,(H,29,31)/t11-,17-,19-/m1/s1. The van der Waals surface area contributed by atoms with E-state index in [1.54, 1.807) is 0 Å². The number of rotatable bonds is 5. The molecular formula is C21H18F7NO3. The Morgan fingerprint density at radius 1 is 1.06 bits per heavy atom. The van der Waals surface area contributed by atoms with Crippen molar-refractivity contribution in [2.24, 2.45) is 0 Å². The van der Waals surface area contributed by atoms with E-state index in [4.69, 9.17) is 4.74 Å². The predicted octanol–water partition coefficient (Wildman–Crippen LogP) is 4.72. The number of amides is 1. The first-order valence-corrected chi connectivity index (χ1v) is 9.38. The van der Waals surface area contributed by atoms with Crippen LogP contribution in [0.2, 0.25) is 0 Å². The quantitative estimate of drug-likeness (QED) is 0.629. The van der Waals surface area contributed by atoms with Crippen molar-refractivity contribution in [3.63, 3.8) is 0 Å². The number of carbonyl (C=O) groups is 1. The maximum atomic E-state index is 13.3.